The van der Waals surface area contributed by atoms with Gasteiger partial charge in [0.2, 0.25) is 0 Å². The molecule has 3 aromatic rings. The van der Waals surface area contributed by atoms with Crippen molar-refractivity contribution >= 4 is 23.3 Å². The Labute approximate surface area is 169 Å². The first kappa shape index (κ1) is 20.1. The van der Waals surface area contributed by atoms with Gasteiger partial charge in [0.1, 0.15) is 5.69 Å². The van der Waals surface area contributed by atoms with E-state index in [4.69, 9.17) is 4.74 Å². The number of aromatic nitrogens is 1. The lowest BCUT2D eigenvalue weighted by Gasteiger charge is -2.16. The van der Waals surface area contributed by atoms with Crippen LogP contribution in [0.1, 0.15) is 34.7 Å². The third-order valence-corrected chi connectivity index (χ3v) is 4.54. The third-order valence-electron chi connectivity index (χ3n) is 4.54. The molecule has 6 heteroatoms. The molecule has 1 heterocycles. The molecule has 0 aliphatic carbocycles. The molecule has 0 unspecified atom stereocenters. The van der Waals surface area contributed by atoms with Gasteiger partial charge in [0.25, 0.3) is 5.91 Å². The van der Waals surface area contributed by atoms with Crippen molar-refractivity contribution in [2.24, 2.45) is 7.05 Å². The van der Waals surface area contributed by atoms with Gasteiger partial charge in [-0.05, 0) is 31.5 Å². The Morgan fingerprint density at radius 1 is 1.00 bits per heavy atom. The second kappa shape index (κ2) is 8.56. The average molecular weight is 390 g/mol. The Kier molecular flexibility index (Phi) is 5.93. The fourth-order valence-electron chi connectivity index (χ4n) is 2.93. The standard InChI is InChI=1S/C23H22N2O4/c1-15(26)18-13-21(25(3)14-18)23(28)29-16(2)22(27)24-20-12-8-7-11-19(20)17-9-5-4-6-10-17/h4-14,16H,1-3H3,(H,24,27)/t16-/m1/s1. The Balaban J connectivity index is 1.72. The van der Waals surface area contributed by atoms with Crippen molar-refractivity contribution in [1.82, 2.24) is 4.57 Å². The molecule has 0 saturated carbocycles. The van der Waals surface area contributed by atoms with Gasteiger partial charge in [-0.25, -0.2) is 4.79 Å². The van der Waals surface area contributed by atoms with Gasteiger partial charge in [-0.3, -0.25) is 9.59 Å². The van der Waals surface area contributed by atoms with Crippen molar-refractivity contribution in [1.29, 1.82) is 0 Å². The van der Waals surface area contributed by atoms with Crippen molar-refractivity contribution in [3.05, 3.63) is 78.1 Å². The van der Waals surface area contributed by atoms with Gasteiger partial charge in [0.15, 0.2) is 11.9 Å². The molecule has 0 radical (unpaired) electrons. The van der Waals surface area contributed by atoms with Crippen LogP contribution in [0.25, 0.3) is 11.1 Å². The van der Waals surface area contributed by atoms with E-state index in [1.807, 2.05) is 48.5 Å². The summed E-state index contributed by atoms with van der Waals surface area (Å²) in [6, 6.07) is 18.6. The number of benzene rings is 2. The maximum absolute atomic E-state index is 12.6. The lowest BCUT2D eigenvalue weighted by atomic mass is 10.0. The zero-order valence-corrected chi connectivity index (χ0v) is 16.5. The van der Waals surface area contributed by atoms with E-state index in [1.54, 1.807) is 19.3 Å². The molecule has 1 aromatic heterocycles. The summed E-state index contributed by atoms with van der Waals surface area (Å²) in [4.78, 5) is 36.5. The number of carbonyl (C=O) groups excluding carboxylic acids is 3. The molecule has 1 amide bonds. The minimum absolute atomic E-state index is 0.150. The summed E-state index contributed by atoms with van der Waals surface area (Å²) in [7, 11) is 1.64. The number of ether oxygens (including phenoxy) is 1. The van der Waals surface area contributed by atoms with Gasteiger partial charge in [-0.2, -0.15) is 0 Å². The highest BCUT2D eigenvalue weighted by Gasteiger charge is 2.22. The lowest BCUT2D eigenvalue weighted by molar-refractivity contribution is -0.123. The second-order valence-electron chi connectivity index (χ2n) is 6.73. The summed E-state index contributed by atoms with van der Waals surface area (Å²) in [6.45, 7) is 2.93. The number of para-hydroxylation sites is 1. The fourth-order valence-corrected chi connectivity index (χ4v) is 2.93. The Morgan fingerprint density at radius 3 is 2.31 bits per heavy atom. The first-order chi connectivity index (χ1) is 13.9. The predicted octanol–water partition coefficient (Wildman–Crippen LogP) is 4.08. The van der Waals surface area contributed by atoms with Crippen LogP contribution < -0.4 is 5.32 Å². The van der Waals surface area contributed by atoms with Crippen LogP contribution in [0.15, 0.2) is 66.9 Å². The van der Waals surface area contributed by atoms with Gasteiger partial charge in [0.05, 0.1) is 0 Å². The van der Waals surface area contributed by atoms with Crippen molar-refractivity contribution in [2.75, 3.05) is 5.32 Å². The maximum Gasteiger partial charge on any atom is 0.355 e. The Hall–Kier alpha value is -3.67. The number of ketones is 1. The van der Waals surface area contributed by atoms with Gasteiger partial charge in [-0.1, -0.05) is 48.5 Å². The molecule has 0 bridgehead atoms. The minimum atomic E-state index is -1.01. The topological polar surface area (TPSA) is 77.4 Å². The highest BCUT2D eigenvalue weighted by molar-refractivity contribution is 6.01. The SMILES string of the molecule is CC(=O)c1cc(C(=O)O[C@H](C)C(=O)Nc2ccccc2-c2ccccc2)n(C)c1. The first-order valence-electron chi connectivity index (χ1n) is 9.20. The third kappa shape index (κ3) is 4.60. The fraction of sp³-hybridized carbons (Fsp3) is 0.174. The molecule has 0 spiro atoms. The quantitative estimate of drug-likeness (QED) is 0.508. The number of esters is 1. The van der Waals surface area contributed by atoms with E-state index in [0.717, 1.165) is 11.1 Å². The average Bonchev–Trinajstić information content (AvgIpc) is 3.11. The molecule has 148 valence electrons. The van der Waals surface area contributed by atoms with Gasteiger partial charge in [-0.15, -0.1) is 0 Å². The summed E-state index contributed by atoms with van der Waals surface area (Å²) in [6.07, 6.45) is 0.543. The highest BCUT2D eigenvalue weighted by Crippen LogP contribution is 2.27. The Morgan fingerprint density at radius 2 is 1.66 bits per heavy atom. The summed E-state index contributed by atoms with van der Waals surface area (Å²) >= 11 is 0. The molecule has 0 aliphatic rings. The minimum Gasteiger partial charge on any atom is -0.448 e. The second-order valence-corrected chi connectivity index (χ2v) is 6.73. The molecule has 0 aliphatic heterocycles. The van der Waals surface area contributed by atoms with E-state index in [2.05, 4.69) is 5.32 Å². The Bertz CT molecular complexity index is 1050. The van der Waals surface area contributed by atoms with E-state index in [-0.39, 0.29) is 11.5 Å². The summed E-state index contributed by atoms with van der Waals surface area (Å²) < 4.78 is 6.82. The molecule has 2 aromatic carbocycles. The number of anilines is 1. The molecule has 0 saturated heterocycles. The van der Waals surface area contributed by atoms with Crippen LogP contribution in [-0.4, -0.2) is 28.3 Å². The van der Waals surface area contributed by atoms with Gasteiger partial charge < -0.3 is 14.6 Å². The van der Waals surface area contributed by atoms with Crippen LogP contribution in [0, 0.1) is 0 Å². The zero-order valence-electron chi connectivity index (χ0n) is 16.5. The number of rotatable bonds is 6. The summed E-state index contributed by atoms with van der Waals surface area (Å²) in [5, 5.41) is 2.83. The zero-order chi connectivity index (χ0) is 21.0. The smallest absolute Gasteiger partial charge is 0.355 e. The number of Topliss-reactive ketones (excluding diaryl/α,β-unsaturated/α-hetero) is 1. The monoisotopic (exact) mass is 390 g/mol. The summed E-state index contributed by atoms with van der Waals surface area (Å²) in [5.74, 6) is -1.26. The molecular weight excluding hydrogens is 368 g/mol. The molecule has 3 rings (SSSR count). The predicted molar refractivity (Wildman–Crippen MR) is 111 cm³/mol. The summed E-state index contributed by atoms with van der Waals surface area (Å²) in [5.41, 5.74) is 3.08. The van der Waals surface area contributed by atoms with E-state index >= 15 is 0 Å². The van der Waals surface area contributed by atoms with Crippen LogP contribution >= 0.6 is 0 Å². The first-order valence-corrected chi connectivity index (χ1v) is 9.20. The van der Waals surface area contributed by atoms with Crippen LogP contribution in [0.4, 0.5) is 5.69 Å². The van der Waals surface area contributed by atoms with Crippen LogP contribution in [-0.2, 0) is 16.6 Å². The van der Waals surface area contributed by atoms with E-state index in [0.29, 0.717) is 11.3 Å². The van der Waals surface area contributed by atoms with E-state index in [9.17, 15) is 14.4 Å². The molecule has 0 fully saturated rings. The molecule has 6 nitrogen and oxygen atoms in total. The van der Waals surface area contributed by atoms with E-state index < -0.39 is 18.0 Å². The maximum atomic E-state index is 12.6. The number of nitrogens with zero attached hydrogens (tertiary/aromatic N) is 1. The van der Waals surface area contributed by atoms with Gasteiger partial charge >= 0.3 is 5.97 Å². The van der Waals surface area contributed by atoms with Crippen LogP contribution in [0.3, 0.4) is 0 Å². The number of aryl methyl sites for hydroxylation is 1. The largest absolute Gasteiger partial charge is 0.448 e. The molecule has 1 atom stereocenters. The molecule has 29 heavy (non-hydrogen) atoms. The lowest BCUT2D eigenvalue weighted by Crippen LogP contribution is -2.30. The van der Waals surface area contributed by atoms with Crippen molar-refractivity contribution in [2.45, 2.75) is 20.0 Å². The number of carbonyl (C=O) groups is 3. The van der Waals surface area contributed by atoms with Crippen LogP contribution in [0.5, 0.6) is 0 Å². The number of hydrogen-bond acceptors (Lipinski definition) is 4. The van der Waals surface area contributed by atoms with Crippen molar-refractivity contribution < 1.29 is 19.1 Å². The van der Waals surface area contributed by atoms with Crippen molar-refractivity contribution in [3.63, 3.8) is 0 Å². The van der Waals surface area contributed by atoms with Gasteiger partial charge in [0, 0.05) is 30.1 Å². The molecule has 1 N–H and O–H groups in total. The number of nitrogens with one attached hydrogen (secondary N) is 1. The van der Waals surface area contributed by atoms with Crippen molar-refractivity contribution in [3.8, 4) is 11.1 Å². The number of hydrogen-bond donors (Lipinski definition) is 1. The molecular formula is C23H22N2O4. The van der Waals surface area contributed by atoms with Crippen LogP contribution in [0.2, 0.25) is 0 Å². The number of amides is 1. The van der Waals surface area contributed by atoms with E-state index in [1.165, 1.54) is 24.5 Å². The normalized spacial score (nSPS) is 11.6. The highest BCUT2D eigenvalue weighted by atomic mass is 16.5.